The van der Waals surface area contributed by atoms with E-state index in [0.717, 1.165) is 5.56 Å². The summed E-state index contributed by atoms with van der Waals surface area (Å²) in [6.45, 7) is 7.28. The molecule has 7 nitrogen and oxygen atoms in total. The molecule has 1 atom stereocenters. The molecule has 0 bridgehead atoms. The second-order valence-corrected chi connectivity index (χ2v) is 6.27. The number of benzene rings is 1. The number of nitrogens with one attached hydrogen (secondary N) is 2. The summed E-state index contributed by atoms with van der Waals surface area (Å²) in [5.74, 6) is -0.881. The largest absolute Gasteiger partial charge is 0.479 e. The van der Waals surface area contributed by atoms with Gasteiger partial charge in [-0.2, -0.15) is 0 Å². The van der Waals surface area contributed by atoms with E-state index in [0.29, 0.717) is 5.75 Å². The molecule has 0 spiro atoms. The fraction of sp³-hybridized carbons (Fsp3) is 0.471. The maximum absolute atomic E-state index is 11.8. The lowest BCUT2D eigenvalue weighted by molar-refractivity contribution is -0.154. The highest BCUT2D eigenvalue weighted by Gasteiger charge is 2.19. The highest BCUT2D eigenvalue weighted by molar-refractivity contribution is 5.95. The van der Waals surface area contributed by atoms with E-state index >= 15 is 0 Å². The highest BCUT2D eigenvalue weighted by atomic mass is 16.6. The molecule has 7 heteroatoms. The van der Waals surface area contributed by atoms with Crippen LogP contribution >= 0.6 is 0 Å². The van der Waals surface area contributed by atoms with Crippen molar-refractivity contribution in [2.45, 2.75) is 39.2 Å². The van der Waals surface area contributed by atoms with Gasteiger partial charge in [0.1, 0.15) is 5.75 Å². The number of carbonyl (C=O) groups is 3. The molecule has 0 aromatic heterocycles. The SMILES string of the molecule is CNC(=O)NC(=O)COC(=O)[C@@H](C)Oc1ccc(C(C)(C)C)cc1. The number of amides is 3. The third-order valence-electron chi connectivity index (χ3n) is 3.19. The van der Waals surface area contributed by atoms with Crippen molar-refractivity contribution in [2.24, 2.45) is 0 Å². The number of urea groups is 1. The zero-order valence-electron chi connectivity index (χ0n) is 14.6. The van der Waals surface area contributed by atoms with Crippen LogP contribution in [0.1, 0.15) is 33.3 Å². The number of hydrogen-bond donors (Lipinski definition) is 2. The summed E-state index contributed by atoms with van der Waals surface area (Å²) < 4.78 is 10.3. The zero-order chi connectivity index (χ0) is 18.3. The lowest BCUT2D eigenvalue weighted by atomic mass is 9.87. The highest BCUT2D eigenvalue weighted by Crippen LogP contribution is 2.24. The van der Waals surface area contributed by atoms with Gasteiger partial charge in [-0.25, -0.2) is 9.59 Å². The maximum Gasteiger partial charge on any atom is 0.347 e. The van der Waals surface area contributed by atoms with Crippen molar-refractivity contribution in [1.29, 1.82) is 0 Å². The van der Waals surface area contributed by atoms with Crippen molar-refractivity contribution in [3.8, 4) is 5.75 Å². The molecule has 0 saturated heterocycles. The Kier molecular flexibility index (Phi) is 6.76. The third kappa shape index (κ3) is 6.28. The average Bonchev–Trinajstić information content (AvgIpc) is 2.52. The Bertz CT molecular complexity index is 590. The van der Waals surface area contributed by atoms with Gasteiger partial charge in [0.15, 0.2) is 12.7 Å². The monoisotopic (exact) mass is 336 g/mol. The van der Waals surface area contributed by atoms with E-state index < -0.39 is 30.6 Å². The van der Waals surface area contributed by atoms with E-state index in [4.69, 9.17) is 9.47 Å². The molecule has 132 valence electrons. The van der Waals surface area contributed by atoms with Gasteiger partial charge in [-0.3, -0.25) is 10.1 Å². The van der Waals surface area contributed by atoms with Crippen LogP contribution in [0.3, 0.4) is 0 Å². The van der Waals surface area contributed by atoms with Crippen molar-refractivity contribution < 1.29 is 23.9 Å². The lowest BCUT2D eigenvalue weighted by Gasteiger charge is -2.20. The van der Waals surface area contributed by atoms with Crippen LogP contribution in [0.2, 0.25) is 0 Å². The Morgan fingerprint density at radius 1 is 1.12 bits per heavy atom. The second-order valence-electron chi connectivity index (χ2n) is 6.27. The summed E-state index contributed by atoms with van der Waals surface area (Å²) in [6, 6.07) is 6.76. The van der Waals surface area contributed by atoms with Crippen molar-refractivity contribution in [3.63, 3.8) is 0 Å². The number of rotatable bonds is 5. The molecule has 0 saturated carbocycles. The molecule has 1 aromatic rings. The molecule has 2 N–H and O–H groups in total. The van der Waals surface area contributed by atoms with Gasteiger partial charge < -0.3 is 14.8 Å². The molecular formula is C17H24N2O5. The summed E-state index contributed by atoms with van der Waals surface area (Å²) in [4.78, 5) is 34.1. The van der Waals surface area contributed by atoms with Gasteiger partial charge in [0, 0.05) is 7.05 Å². The molecule has 3 amide bonds. The van der Waals surface area contributed by atoms with Crippen molar-refractivity contribution >= 4 is 17.9 Å². The molecule has 0 aliphatic heterocycles. The number of esters is 1. The minimum atomic E-state index is -0.877. The van der Waals surface area contributed by atoms with Gasteiger partial charge in [0.05, 0.1) is 0 Å². The molecule has 0 aliphatic rings. The summed E-state index contributed by atoms with van der Waals surface area (Å²) in [5.41, 5.74) is 1.18. The summed E-state index contributed by atoms with van der Waals surface area (Å²) in [7, 11) is 1.37. The van der Waals surface area contributed by atoms with Gasteiger partial charge in [-0.15, -0.1) is 0 Å². The van der Waals surface area contributed by atoms with Crippen LogP contribution in [0.5, 0.6) is 5.75 Å². The quantitative estimate of drug-likeness (QED) is 0.799. The topological polar surface area (TPSA) is 93.7 Å². The van der Waals surface area contributed by atoms with Crippen LogP contribution in [-0.2, 0) is 19.7 Å². The van der Waals surface area contributed by atoms with Gasteiger partial charge in [0.25, 0.3) is 5.91 Å². The number of carbonyl (C=O) groups excluding carboxylic acids is 3. The van der Waals surface area contributed by atoms with Crippen LogP contribution in [0.15, 0.2) is 24.3 Å². The molecule has 0 heterocycles. The molecule has 0 fully saturated rings. The smallest absolute Gasteiger partial charge is 0.347 e. The van der Waals surface area contributed by atoms with Gasteiger partial charge in [-0.1, -0.05) is 32.9 Å². The molecule has 0 aliphatic carbocycles. The predicted octanol–water partition coefficient (Wildman–Crippen LogP) is 1.75. The van der Waals surface area contributed by atoms with E-state index in [1.165, 1.54) is 14.0 Å². The van der Waals surface area contributed by atoms with Crippen LogP contribution in [-0.4, -0.2) is 37.7 Å². The van der Waals surface area contributed by atoms with Crippen molar-refractivity contribution in [3.05, 3.63) is 29.8 Å². The number of imide groups is 1. The molecule has 24 heavy (non-hydrogen) atoms. The van der Waals surface area contributed by atoms with E-state index in [1.807, 2.05) is 17.4 Å². The Hall–Kier alpha value is -2.57. The fourth-order valence-corrected chi connectivity index (χ4v) is 1.76. The summed E-state index contributed by atoms with van der Waals surface area (Å²) in [6.07, 6.45) is -0.877. The first-order valence-electron chi connectivity index (χ1n) is 7.59. The molecular weight excluding hydrogens is 312 g/mol. The molecule has 1 aromatic carbocycles. The first-order valence-corrected chi connectivity index (χ1v) is 7.59. The van der Waals surface area contributed by atoms with Gasteiger partial charge >= 0.3 is 12.0 Å². The van der Waals surface area contributed by atoms with Gasteiger partial charge in [-0.05, 0) is 30.0 Å². The van der Waals surface area contributed by atoms with Crippen molar-refractivity contribution in [2.75, 3.05) is 13.7 Å². The Morgan fingerprint density at radius 3 is 2.21 bits per heavy atom. The van der Waals surface area contributed by atoms with Crippen molar-refractivity contribution in [1.82, 2.24) is 10.6 Å². The number of hydrogen-bond acceptors (Lipinski definition) is 5. The Labute approximate surface area is 141 Å². The number of ether oxygens (including phenoxy) is 2. The van der Waals surface area contributed by atoms with E-state index in [-0.39, 0.29) is 5.41 Å². The molecule has 1 rings (SSSR count). The summed E-state index contributed by atoms with van der Waals surface area (Å²) in [5, 5.41) is 4.20. The van der Waals surface area contributed by atoms with Crippen LogP contribution in [0.25, 0.3) is 0 Å². The Morgan fingerprint density at radius 2 is 1.71 bits per heavy atom. The van der Waals surface area contributed by atoms with Crippen LogP contribution in [0, 0.1) is 0 Å². The van der Waals surface area contributed by atoms with E-state index in [9.17, 15) is 14.4 Å². The maximum atomic E-state index is 11.8. The lowest BCUT2D eigenvalue weighted by Crippen LogP contribution is -2.40. The van der Waals surface area contributed by atoms with Crippen LogP contribution in [0.4, 0.5) is 4.79 Å². The molecule has 0 unspecified atom stereocenters. The normalized spacial score (nSPS) is 12.0. The first kappa shape index (κ1) is 19.5. The molecule has 0 radical (unpaired) electrons. The Balaban J connectivity index is 2.49. The average molecular weight is 336 g/mol. The summed E-state index contributed by atoms with van der Waals surface area (Å²) >= 11 is 0. The van der Waals surface area contributed by atoms with Crippen LogP contribution < -0.4 is 15.4 Å². The standard InChI is InChI=1S/C17H24N2O5/c1-11(15(21)23-10-14(20)19-16(22)18-5)24-13-8-6-12(7-9-13)17(2,3)4/h6-9,11H,10H2,1-5H3,(H2,18,19,20,22)/t11-/m1/s1. The minimum absolute atomic E-state index is 0.0290. The first-order chi connectivity index (χ1) is 11.1. The fourth-order valence-electron chi connectivity index (χ4n) is 1.76. The minimum Gasteiger partial charge on any atom is -0.479 e. The van der Waals surface area contributed by atoms with E-state index in [2.05, 4.69) is 26.1 Å². The van der Waals surface area contributed by atoms with Gasteiger partial charge in [0.2, 0.25) is 0 Å². The zero-order valence-corrected chi connectivity index (χ0v) is 14.6. The third-order valence-corrected chi connectivity index (χ3v) is 3.19. The second kappa shape index (κ2) is 8.33. The predicted molar refractivity (Wildman–Crippen MR) is 88.8 cm³/mol. The van der Waals surface area contributed by atoms with E-state index in [1.54, 1.807) is 12.1 Å².